The third-order valence-electron chi connectivity index (χ3n) is 3.18. The average Bonchev–Trinajstić information content (AvgIpc) is 2.46. The van der Waals surface area contributed by atoms with Gasteiger partial charge in [0.2, 0.25) is 0 Å². The van der Waals surface area contributed by atoms with E-state index in [-0.39, 0.29) is 0 Å². The zero-order valence-electron chi connectivity index (χ0n) is 10.4. The number of hydrogen-bond acceptors (Lipinski definition) is 3. The minimum Gasteiger partial charge on any atom is -0.319 e. The molecule has 3 nitrogen and oxygen atoms in total. The van der Waals surface area contributed by atoms with Crippen molar-refractivity contribution in [3.8, 4) is 0 Å². The van der Waals surface area contributed by atoms with Crippen LogP contribution in [0.25, 0.3) is 10.8 Å². The molecular formula is C15H11Cl2N3. The number of nitrogens with two attached hydrogens (primary N) is 1. The third-order valence-corrected chi connectivity index (χ3v) is 3.69. The number of halogens is 2. The second-order valence-corrected chi connectivity index (χ2v) is 5.29. The maximum absolute atomic E-state index is 6.32. The van der Waals surface area contributed by atoms with E-state index >= 15 is 0 Å². The summed E-state index contributed by atoms with van der Waals surface area (Å²) in [6.07, 6.45) is 5.10. The van der Waals surface area contributed by atoms with Crippen molar-refractivity contribution in [3.63, 3.8) is 0 Å². The smallest absolute Gasteiger partial charge is 0.0803 e. The number of benzene rings is 1. The molecule has 3 rings (SSSR count). The van der Waals surface area contributed by atoms with Gasteiger partial charge in [-0.3, -0.25) is 9.97 Å². The van der Waals surface area contributed by atoms with E-state index in [2.05, 4.69) is 9.97 Å². The lowest BCUT2D eigenvalue weighted by Gasteiger charge is -2.15. The van der Waals surface area contributed by atoms with E-state index < -0.39 is 6.04 Å². The SMILES string of the molecule is NC(c1ncc(Cl)cc1Cl)c1cccc2ccncc12. The molecule has 0 amide bonds. The van der Waals surface area contributed by atoms with Gasteiger partial charge in [0.05, 0.1) is 21.8 Å². The summed E-state index contributed by atoms with van der Waals surface area (Å²) in [5.41, 5.74) is 7.86. The largest absolute Gasteiger partial charge is 0.319 e. The zero-order chi connectivity index (χ0) is 14.1. The number of fused-ring (bicyclic) bond motifs is 1. The van der Waals surface area contributed by atoms with Crippen molar-refractivity contribution in [3.05, 3.63) is 70.2 Å². The summed E-state index contributed by atoms with van der Waals surface area (Å²) >= 11 is 12.0. The van der Waals surface area contributed by atoms with Gasteiger partial charge < -0.3 is 5.73 Å². The van der Waals surface area contributed by atoms with E-state index in [1.807, 2.05) is 24.3 Å². The standard InChI is InChI=1S/C15H11Cl2N3/c16-10-6-13(17)15(20-7-10)14(18)11-3-1-2-9-4-5-19-8-12(9)11/h1-8,14H,18H2. The Labute approximate surface area is 126 Å². The van der Waals surface area contributed by atoms with Crippen LogP contribution in [0.15, 0.2) is 48.9 Å². The number of hydrogen-bond donors (Lipinski definition) is 1. The van der Waals surface area contributed by atoms with E-state index in [0.717, 1.165) is 16.3 Å². The number of rotatable bonds is 2. The summed E-state index contributed by atoms with van der Waals surface area (Å²) in [4.78, 5) is 8.41. The van der Waals surface area contributed by atoms with Crippen LogP contribution in [-0.4, -0.2) is 9.97 Å². The van der Waals surface area contributed by atoms with Crippen LogP contribution in [0, 0.1) is 0 Å². The van der Waals surface area contributed by atoms with E-state index in [1.54, 1.807) is 24.7 Å². The monoisotopic (exact) mass is 303 g/mol. The second kappa shape index (κ2) is 5.37. The van der Waals surface area contributed by atoms with Crippen molar-refractivity contribution in [2.75, 3.05) is 0 Å². The Morgan fingerprint density at radius 1 is 1.10 bits per heavy atom. The van der Waals surface area contributed by atoms with Gasteiger partial charge in [-0.15, -0.1) is 0 Å². The van der Waals surface area contributed by atoms with Gasteiger partial charge >= 0.3 is 0 Å². The van der Waals surface area contributed by atoms with Gasteiger partial charge in [-0.2, -0.15) is 0 Å². The molecule has 20 heavy (non-hydrogen) atoms. The fraction of sp³-hybridized carbons (Fsp3) is 0.0667. The molecule has 0 fully saturated rings. The molecule has 0 aliphatic carbocycles. The fourth-order valence-corrected chi connectivity index (χ4v) is 2.71. The molecule has 1 aromatic carbocycles. The lowest BCUT2D eigenvalue weighted by molar-refractivity contribution is 0.836. The molecule has 2 aromatic heterocycles. The third kappa shape index (κ3) is 2.36. The quantitative estimate of drug-likeness (QED) is 0.779. The van der Waals surface area contributed by atoms with Gasteiger partial charge in [0, 0.05) is 24.0 Å². The second-order valence-electron chi connectivity index (χ2n) is 4.44. The van der Waals surface area contributed by atoms with Crippen LogP contribution < -0.4 is 5.73 Å². The molecule has 1 atom stereocenters. The number of pyridine rings is 2. The Balaban J connectivity index is 2.15. The molecule has 0 spiro atoms. The maximum atomic E-state index is 6.32. The molecule has 2 N–H and O–H groups in total. The van der Waals surface area contributed by atoms with E-state index in [9.17, 15) is 0 Å². The molecule has 0 saturated carbocycles. The predicted octanol–water partition coefficient (Wildman–Crippen LogP) is 3.98. The van der Waals surface area contributed by atoms with Crippen LogP contribution in [0.2, 0.25) is 10.0 Å². The van der Waals surface area contributed by atoms with Crippen molar-refractivity contribution >= 4 is 34.0 Å². The van der Waals surface area contributed by atoms with Crippen LogP contribution in [0.3, 0.4) is 0 Å². The zero-order valence-corrected chi connectivity index (χ0v) is 11.9. The molecular weight excluding hydrogens is 293 g/mol. The Morgan fingerprint density at radius 3 is 2.75 bits per heavy atom. The Hall–Kier alpha value is -1.68. The highest BCUT2D eigenvalue weighted by molar-refractivity contribution is 6.34. The van der Waals surface area contributed by atoms with Crippen molar-refractivity contribution in [2.45, 2.75) is 6.04 Å². The van der Waals surface area contributed by atoms with Gasteiger partial charge in [0.1, 0.15) is 0 Å². The Bertz CT molecular complexity index is 769. The first-order valence-electron chi connectivity index (χ1n) is 6.06. The van der Waals surface area contributed by atoms with E-state index in [1.165, 1.54) is 0 Å². The van der Waals surface area contributed by atoms with Crippen LogP contribution in [0.5, 0.6) is 0 Å². The topological polar surface area (TPSA) is 51.8 Å². The molecule has 1 unspecified atom stereocenters. The van der Waals surface area contributed by atoms with Gasteiger partial charge in [0.25, 0.3) is 0 Å². The lowest BCUT2D eigenvalue weighted by atomic mass is 9.98. The minimum atomic E-state index is -0.423. The van der Waals surface area contributed by atoms with Crippen molar-refractivity contribution < 1.29 is 0 Å². The van der Waals surface area contributed by atoms with Crippen LogP contribution in [0.4, 0.5) is 0 Å². The van der Waals surface area contributed by atoms with Gasteiger partial charge in [-0.05, 0) is 23.1 Å². The molecule has 0 aliphatic rings. The molecule has 0 aliphatic heterocycles. The van der Waals surface area contributed by atoms with Crippen molar-refractivity contribution in [1.82, 2.24) is 9.97 Å². The number of aromatic nitrogens is 2. The average molecular weight is 304 g/mol. The highest BCUT2D eigenvalue weighted by Gasteiger charge is 2.16. The van der Waals surface area contributed by atoms with Gasteiger partial charge in [-0.1, -0.05) is 41.4 Å². The van der Waals surface area contributed by atoms with E-state index in [0.29, 0.717) is 15.7 Å². The summed E-state index contributed by atoms with van der Waals surface area (Å²) < 4.78 is 0. The van der Waals surface area contributed by atoms with Crippen LogP contribution in [0.1, 0.15) is 17.3 Å². The minimum absolute atomic E-state index is 0.423. The van der Waals surface area contributed by atoms with Crippen LogP contribution >= 0.6 is 23.2 Å². The maximum Gasteiger partial charge on any atom is 0.0803 e. The highest BCUT2D eigenvalue weighted by Crippen LogP contribution is 2.30. The summed E-state index contributed by atoms with van der Waals surface area (Å²) in [5.74, 6) is 0. The number of nitrogens with zero attached hydrogens (tertiary/aromatic N) is 2. The van der Waals surface area contributed by atoms with Gasteiger partial charge in [-0.25, -0.2) is 0 Å². The van der Waals surface area contributed by atoms with Crippen molar-refractivity contribution in [1.29, 1.82) is 0 Å². The predicted molar refractivity (Wildman–Crippen MR) is 82.0 cm³/mol. The Morgan fingerprint density at radius 2 is 1.95 bits per heavy atom. The fourth-order valence-electron chi connectivity index (χ4n) is 2.21. The molecule has 2 heterocycles. The summed E-state index contributed by atoms with van der Waals surface area (Å²) in [6.45, 7) is 0. The molecule has 100 valence electrons. The molecule has 0 radical (unpaired) electrons. The molecule has 5 heteroatoms. The molecule has 3 aromatic rings. The normalized spacial score (nSPS) is 12.6. The lowest BCUT2D eigenvalue weighted by Crippen LogP contribution is -2.14. The van der Waals surface area contributed by atoms with Crippen LogP contribution in [-0.2, 0) is 0 Å². The summed E-state index contributed by atoms with van der Waals surface area (Å²) in [5, 5.41) is 3.03. The summed E-state index contributed by atoms with van der Waals surface area (Å²) in [6, 6.07) is 9.11. The highest BCUT2D eigenvalue weighted by atomic mass is 35.5. The first-order chi connectivity index (χ1) is 9.66. The molecule has 0 saturated heterocycles. The van der Waals surface area contributed by atoms with E-state index in [4.69, 9.17) is 28.9 Å². The Kier molecular flexibility index (Phi) is 3.57. The summed E-state index contributed by atoms with van der Waals surface area (Å²) in [7, 11) is 0. The van der Waals surface area contributed by atoms with Gasteiger partial charge in [0.15, 0.2) is 0 Å². The first-order valence-corrected chi connectivity index (χ1v) is 6.81. The molecule has 0 bridgehead atoms. The van der Waals surface area contributed by atoms with Crippen molar-refractivity contribution in [2.24, 2.45) is 5.73 Å². The first kappa shape index (κ1) is 13.3.